The van der Waals surface area contributed by atoms with Crippen molar-refractivity contribution < 1.29 is 0 Å². The van der Waals surface area contributed by atoms with E-state index in [1.165, 1.54) is 50.3 Å². The second kappa shape index (κ2) is 4.87. The molecule has 0 aromatic rings. The fraction of sp³-hybridized carbons (Fsp3) is 1.00. The first-order valence-corrected chi connectivity index (χ1v) is 8.07. The van der Waals surface area contributed by atoms with Crippen molar-refractivity contribution in [2.24, 2.45) is 5.92 Å². The molecule has 3 rings (SSSR count). The van der Waals surface area contributed by atoms with Gasteiger partial charge in [-0.25, -0.2) is 0 Å². The van der Waals surface area contributed by atoms with E-state index >= 15 is 0 Å². The third kappa shape index (κ3) is 2.41. The summed E-state index contributed by atoms with van der Waals surface area (Å²) in [6.07, 6.45) is 5.81. The zero-order valence-electron chi connectivity index (χ0n) is 10.3. The Morgan fingerprint density at radius 2 is 2.12 bits per heavy atom. The standard InChI is InChI=1S/C13H24N2S/c1-10-7-14-13(11-4-5-11)8-15(10)12-3-2-6-16-9-12/h10-14H,2-9H2,1H3. The fourth-order valence-electron chi connectivity index (χ4n) is 3.22. The quantitative estimate of drug-likeness (QED) is 0.794. The Hall–Kier alpha value is 0.270. The third-order valence-electron chi connectivity index (χ3n) is 4.45. The van der Waals surface area contributed by atoms with E-state index in [2.05, 4.69) is 28.9 Å². The highest BCUT2D eigenvalue weighted by molar-refractivity contribution is 7.99. The summed E-state index contributed by atoms with van der Waals surface area (Å²) in [6.45, 7) is 4.93. The monoisotopic (exact) mass is 240 g/mol. The van der Waals surface area contributed by atoms with Gasteiger partial charge < -0.3 is 5.32 Å². The number of hydrogen-bond donors (Lipinski definition) is 1. The maximum atomic E-state index is 3.75. The predicted molar refractivity (Wildman–Crippen MR) is 71.0 cm³/mol. The van der Waals surface area contributed by atoms with Crippen LogP contribution < -0.4 is 5.32 Å². The highest BCUT2D eigenvalue weighted by Gasteiger charge is 2.38. The predicted octanol–water partition coefficient (Wildman–Crippen LogP) is 1.95. The van der Waals surface area contributed by atoms with Crippen molar-refractivity contribution in [3.63, 3.8) is 0 Å². The highest BCUT2D eigenvalue weighted by Crippen LogP contribution is 2.35. The zero-order valence-corrected chi connectivity index (χ0v) is 11.1. The van der Waals surface area contributed by atoms with Crippen LogP contribution in [-0.4, -0.2) is 47.6 Å². The van der Waals surface area contributed by atoms with Gasteiger partial charge in [0.2, 0.25) is 0 Å². The summed E-state index contributed by atoms with van der Waals surface area (Å²) in [5, 5.41) is 3.75. The topological polar surface area (TPSA) is 15.3 Å². The lowest BCUT2D eigenvalue weighted by atomic mass is 10.0. The fourth-order valence-corrected chi connectivity index (χ4v) is 4.39. The molecular formula is C13H24N2S. The number of piperazine rings is 1. The molecule has 16 heavy (non-hydrogen) atoms. The smallest absolute Gasteiger partial charge is 0.0224 e. The van der Waals surface area contributed by atoms with Gasteiger partial charge in [0.15, 0.2) is 0 Å². The van der Waals surface area contributed by atoms with Gasteiger partial charge in [-0.3, -0.25) is 4.90 Å². The number of thioether (sulfide) groups is 1. The molecule has 3 unspecified atom stereocenters. The molecule has 1 saturated carbocycles. The van der Waals surface area contributed by atoms with E-state index in [1.807, 2.05) is 0 Å². The lowest BCUT2D eigenvalue weighted by Crippen LogP contribution is -2.60. The van der Waals surface area contributed by atoms with Crippen molar-refractivity contribution in [1.82, 2.24) is 10.2 Å². The Morgan fingerprint density at radius 1 is 1.25 bits per heavy atom. The van der Waals surface area contributed by atoms with Gasteiger partial charge >= 0.3 is 0 Å². The molecule has 3 heteroatoms. The molecule has 2 heterocycles. The van der Waals surface area contributed by atoms with Crippen molar-refractivity contribution in [1.29, 1.82) is 0 Å². The van der Waals surface area contributed by atoms with Crippen LogP contribution in [0.2, 0.25) is 0 Å². The van der Waals surface area contributed by atoms with Crippen molar-refractivity contribution in [2.75, 3.05) is 24.6 Å². The van der Waals surface area contributed by atoms with Gasteiger partial charge in [-0.2, -0.15) is 11.8 Å². The zero-order chi connectivity index (χ0) is 11.0. The van der Waals surface area contributed by atoms with Crippen LogP contribution in [0.3, 0.4) is 0 Å². The summed E-state index contributed by atoms with van der Waals surface area (Å²) in [6, 6.07) is 2.43. The van der Waals surface area contributed by atoms with E-state index in [0.29, 0.717) is 0 Å². The minimum Gasteiger partial charge on any atom is -0.311 e. The minimum absolute atomic E-state index is 0.749. The summed E-state index contributed by atoms with van der Waals surface area (Å²) in [4.78, 5) is 2.81. The van der Waals surface area contributed by atoms with Crippen LogP contribution in [-0.2, 0) is 0 Å². The molecule has 3 atom stereocenters. The van der Waals surface area contributed by atoms with Crippen LogP contribution in [0.4, 0.5) is 0 Å². The number of nitrogens with one attached hydrogen (secondary N) is 1. The molecular weight excluding hydrogens is 216 g/mol. The first-order valence-electron chi connectivity index (χ1n) is 6.91. The Morgan fingerprint density at radius 3 is 2.81 bits per heavy atom. The van der Waals surface area contributed by atoms with Gasteiger partial charge in [-0.15, -0.1) is 0 Å². The first-order chi connectivity index (χ1) is 7.84. The SMILES string of the molecule is CC1CNC(C2CC2)CN1C1CCCSC1. The van der Waals surface area contributed by atoms with E-state index in [0.717, 1.165) is 24.0 Å². The van der Waals surface area contributed by atoms with Crippen molar-refractivity contribution in [3.05, 3.63) is 0 Å². The largest absolute Gasteiger partial charge is 0.311 e. The molecule has 92 valence electrons. The Bertz CT molecular complexity index is 236. The molecule has 0 amide bonds. The lowest BCUT2D eigenvalue weighted by Gasteiger charge is -2.44. The normalized spacial score (nSPS) is 42.2. The molecule has 0 aromatic carbocycles. The third-order valence-corrected chi connectivity index (χ3v) is 5.64. The number of rotatable bonds is 2. The number of hydrogen-bond acceptors (Lipinski definition) is 3. The molecule has 0 aromatic heterocycles. The van der Waals surface area contributed by atoms with Gasteiger partial charge in [-0.05, 0) is 44.3 Å². The number of nitrogens with zero attached hydrogens (tertiary/aromatic N) is 1. The van der Waals surface area contributed by atoms with E-state index in [1.54, 1.807) is 0 Å². The summed E-state index contributed by atoms with van der Waals surface area (Å²) in [5.41, 5.74) is 0. The average Bonchev–Trinajstić information content (AvgIpc) is 3.15. The maximum Gasteiger partial charge on any atom is 0.0224 e. The van der Waals surface area contributed by atoms with Crippen LogP contribution in [0.5, 0.6) is 0 Å². The molecule has 3 aliphatic rings. The van der Waals surface area contributed by atoms with E-state index in [9.17, 15) is 0 Å². The lowest BCUT2D eigenvalue weighted by molar-refractivity contribution is 0.0890. The van der Waals surface area contributed by atoms with E-state index < -0.39 is 0 Å². The Labute approximate surface area is 104 Å². The second-order valence-electron chi connectivity index (χ2n) is 5.77. The van der Waals surface area contributed by atoms with Crippen LogP contribution in [0, 0.1) is 5.92 Å². The molecule has 0 radical (unpaired) electrons. The molecule has 0 spiro atoms. The highest BCUT2D eigenvalue weighted by atomic mass is 32.2. The summed E-state index contributed by atoms with van der Waals surface area (Å²) >= 11 is 2.16. The molecule has 1 aliphatic carbocycles. The van der Waals surface area contributed by atoms with Gasteiger partial charge in [0.1, 0.15) is 0 Å². The van der Waals surface area contributed by atoms with Crippen molar-refractivity contribution in [3.8, 4) is 0 Å². The molecule has 2 aliphatic heterocycles. The summed E-state index contributed by atoms with van der Waals surface area (Å²) in [7, 11) is 0. The van der Waals surface area contributed by atoms with Crippen molar-refractivity contribution in [2.45, 2.75) is 50.7 Å². The average molecular weight is 240 g/mol. The van der Waals surface area contributed by atoms with Crippen LogP contribution in [0.25, 0.3) is 0 Å². The minimum atomic E-state index is 0.749. The Balaban J connectivity index is 1.61. The van der Waals surface area contributed by atoms with Gasteiger partial charge in [0.25, 0.3) is 0 Å². The summed E-state index contributed by atoms with van der Waals surface area (Å²) in [5.74, 6) is 3.77. The van der Waals surface area contributed by atoms with Gasteiger partial charge in [0, 0.05) is 37.0 Å². The van der Waals surface area contributed by atoms with Crippen molar-refractivity contribution >= 4 is 11.8 Å². The molecule has 3 fully saturated rings. The van der Waals surface area contributed by atoms with Crippen LogP contribution in [0.1, 0.15) is 32.6 Å². The molecule has 2 nitrogen and oxygen atoms in total. The Kier molecular flexibility index (Phi) is 3.46. The second-order valence-corrected chi connectivity index (χ2v) is 6.92. The van der Waals surface area contributed by atoms with Crippen LogP contribution >= 0.6 is 11.8 Å². The maximum absolute atomic E-state index is 3.75. The van der Waals surface area contributed by atoms with E-state index in [-0.39, 0.29) is 0 Å². The van der Waals surface area contributed by atoms with E-state index in [4.69, 9.17) is 0 Å². The first kappa shape index (κ1) is 11.4. The summed E-state index contributed by atoms with van der Waals surface area (Å²) < 4.78 is 0. The molecule has 2 saturated heterocycles. The van der Waals surface area contributed by atoms with Crippen LogP contribution in [0.15, 0.2) is 0 Å². The molecule has 1 N–H and O–H groups in total. The molecule has 0 bridgehead atoms. The van der Waals surface area contributed by atoms with Gasteiger partial charge in [0.05, 0.1) is 0 Å². The van der Waals surface area contributed by atoms with Gasteiger partial charge in [-0.1, -0.05) is 0 Å².